The Balaban J connectivity index is 2.24. The Hall–Kier alpha value is -0.590. The van der Waals surface area contributed by atoms with Gasteiger partial charge >= 0.3 is 0 Å². The van der Waals surface area contributed by atoms with Crippen molar-refractivity contribution < 1.29 is 4.79 Å². The molecule has 0 amide bonds. The van der Waals surface area contributed by atoms with E-state index in [1.165, 1.54) is 12.8 Å². The van der Waals surface area contributed by atoms with Crippen molar-refractivity contribution in [3.63, 3.8) is 0 Å². The molecule has 1 heteroatoms. The van der Waals surface area contributed by atoms with Gasteiger partial charge in [-0.25, -0.2) is 0 Å². The first-order chi connectivity index (χ1) is 5.75. The van der Waals surface area contributed by atoms with Gasteiger partial charge in [-0.3, -0.25) is 4.79 Å². The van der Waals surface area contributed by atoms with Gasteiger partial charge in [0.25, 0.3) is 0 Å². The molecule has 1 saturated carbocycles. The summed E-state index contributed by atoms with van der Waals surface area (Å²) < 4.78 is 0. The van der Waals surface area contributed by atoms with Gasteiger partial charge in [-0.2, -0.15) is 0 Å². The molecule has 2 unspecified atom stereocenters. The third kappa shape index (κ3) is 2.20. The highest BCUT2D eigenvalue weighted by molar-refractivity contribution is 5.82. The van der Waals surface area contributed by atoms with E-state index >= 15 is 0 Å². The van der Waals surface area contributed by atoms with Gasteiger partial charge in [0, 0.05) is 12.3 Å². The first-order valence-electron chi connectivity index (χ1n) is 4.89. The monoisotopic (exact) mass is 166 g/mol. The molecule has 0 saturated heterocycles. The van der Waals surface area contributed by atoms with Gasteiger partial charge in [-0.05, 0) is 31.6 Å². The van der Waals surface area contributed by atoms with Crippen molar-refractivity contribution >= 4 is 5.78 Å². The lowest BCUT2D eigenvalue weighted by Crippen LogP contribution is -2.09. The SMILES string of the molecule is C=CCCCC1CCC(=O)C1C. The summed E-state index contributed by atoms with van der Waals surface area (Å²) in [5.74, 6) is 1.46. The largest absolute Gasteiger partial charge is 0.299 e. The minimum Gasteiger partial charge on any atom is -0.299 e. The zero-order valence-electron chi connectivity index (χ0n) is 7.88. The summed E-state index contributed by atoms with van der Waals surface area (Å²) >= 11 is 0. The van der Waals surface area contributed by atoms with Gasteiger partial charge in [-0.15, -0.1) is 6.58 Å². The zero-order chi connectivity index (χ0) is 8.97. The highest BCUT2D eigenvalue weighted by Crippen LogP contribution is 2.32. The Morgan fingerprint density at radius 2 is 2.42 bits per heavy atom. The molecule has 0 aromatic rings. The van der Waals surface area contributed by atoms with Gasteiger partial charge in [0.2, 0.25) is 0 Å². The molecule has 0 aromatic heterocycles. The lowest BCUT2D eigenvalue weighted by atomic mass is 9.92. The number of Topliss-reactive ketones (excluding diaryl/α,β-unsaturated/α-hetero) is 1. The first kappa shape index (κ1) is 9.50. The highest BCUT2D eigenvalue weighted by atomic mass is 16.1. The summed E-state index contributed by atoms with van der Waals surface area (Å²) in [5, 5.41) is 0. The molecule has 0 aliphatic heterocycles. The quantitative estimate of drug-likeness (QED) is 0.463. The standard InChI is InChI=1S/C11H18O/c1-3-4-5-6-10-7-8-11(12)9(10)2/h3,9-10H,1,4-8H2,2H3. The van der Waals surface area contributed by atoms with E-state index in [1.807, 2.05) is 6.08 Å². The number of unbranched alkanes of at least 4 members (excludes halogenated alkanes) is 1. The summed E-state index contributed by atoms with van der Waals surface area (Å²) in [5.41, 5.74) is 0. The van der Waals surface area contributed by atoms with Crippen LogP contribution in [0.2, 0.25) is 0 Å². The minimum atomic E-state index is 0.329. The van der Waals surface area contributed by atoms with E-state index in [1.54, 1.807) is 0 Å². The molecule has 12 heavy (non-hydrogen) atoms. The van der Waals surface area contributed by atoms with Crippen LogP contribution in [0.15, 0.2) is 12.7 Å². The van der Waals surface area contributed by atoms with Crippen LogP contribution in [0.4, 0.5) is 0 Å². The van der Waals surface area contributed by atoms with Crippen LogP contribution in [0.25, 0.3) is 0 Å². The fourth-order valence-electron chi connectivity index (χ4n) is 1.99. The lowest BCUT2D eigenvalue weighted by Gasteiger charge is -2.12. The van der Waals surface area contributed by atoms with Crippen molar-refractivity contribution in [2.24, 2.45) is 11.8 Å². The molecule has 0 bridgehead atoms. The predicted molar refractivity (Wildman–Crippen MR) is 50.9 cm³/mol. The number of hydrogen-bond acceptors (Lipinski definition) is 1. The average molecular weight is 166 g/mol. The Bertz CT molecular complexity index is 172. The van der Waals surface area contributed by atoms with E-state index in [9.17, 15) is 4.79 Å². The molecule has 0 aromatic carbocycles. The van der Waals surface area contributed by atoms with Gasteiger partial charge in [0.05, 0.1) is 0 Å². The van der Waals surface area contributed by atoms with Crippen molar-refractivity contribution in [2.45, 2.75) is 39.0 Å². The van der Waals surface area contributed by atoms with E-state index in [2.05, 4.69) is 13.5 Å². The Labute approximate surface area is 74.9 Å². The van der Waals surface area contributed by atoms with Gasteiger partial charge in [0.15, 0.2) is 0 Å². The maximum absolute atomic E-state index is 11.2. The number of carbonyl (C=O) groups excluding carboxylic acids is 1. The van der Waals surface area contributed by atoms with Gasteiger partial charge in [0.1, 0.15) is 5.78 Å². The summed E-state index contributed by atoms with van der Waals surface area (Å²) in [4.78, 5) is 11.2. The van der Waals surface area contributed by atoms with E-state index in [0.717, 1.165) is 19.3 Å². The summed E-state index contributed by atoms with van der Waals surface area (Å²) in [6, 6.07) is 0. The van der Waals surface area contributed by atoms with Crippen LogP contribution >= 0.6 is 0 Å². The van der Waals surface area contributed by atoms with Crippen molar-refractivity contribution in [3.8, 4) is 0 Å². The van der Waals surface area contributed by atoms with Crippen molar-refractivity contribution in [3.05, 3.63) is 12.7 Å². The third-order valence-electron chi connectivity index (χ3n) is 2.96. The second-order valence-corrected chi connectivity index (χ2v) is 3.77. The number of hydrogen-bond donors (Lipinski definition) is 0. The molecule has 68 valence electrons. The molecule has 2 atom stereocenters. The molecule has 1 aliphatic carbocycles. The van der Waals surface area contributed by atoms with Crippen LogP contribution in [-0.4, -0.2) is 5.78 Å². The number of allylic oxidation sites excluding steroid dienone is 1. The maximum atomic E-state index is 11.2. The minimum absolute atomic E-state index is 0.329. The predicted octanol–water partition coefficient (Wildman–Crippen LogP) is 2.96. The second kappa shape index (κ2) is 4.44. The Kier molecular flexibility index (Phi) is 3.51. The van der Waals surface area contributed by atoms with Crippen molar-refractivity contribution in [2.75, 3.05) is 0 Å². The smallest absolute Gasteiger partial charge is 0.135 e. The number of rotatable bonds is 4. The maximum Gasteiger partial charge on any atom is 0.135 e. The summed E-state index contributed by atoms with van der Waals surface area (Å²) in [7, 11) is 0. The summed E-state index contributed by atoms with van der Waals surface area (Å²) in [6.45, 7) is 5.77. The lowest BCUT2D eigenvalue weighted by molar-refractivity contribution is -0.120. The van der Waals surface area contributed by atoms with Crippen LogP contribution in [-0.2, 0) is 4.79 Å². The molecular weight excluding hydrogens is 148 g/mol. The zero-order valence-corrected chi connectivity index (χ0v) is 7.88. The van der Waals surface area contributed by atoms with Gasteiger partial charge in [-0.1, -0.05) is 13.0 Å². The summed E-state index contributed by atoms with van der Waals surface area (Å²) in [6.07, 6.45) is 7.40. The van der Waals surface area contributed by atoms with Crippen LogP contribution in [0.3, 0.4) is 0 Å². The van der Waals surface area contributed by atoms with E-state index in [0.29, 0.717) is 17.6 Å². The molecule has 1 fully saturated rings. The van der Waals surface area contributed by atoms with E-state index < -0.39 is 0 Å². The molecule has 1 nitrogen and oxygen atoms in total. The third-order valence-corrected chi connectivity index (χ3v) is 2.96. The van der Waals surface area contributed by atoms with E-state index in [-0.39, 0.29) is 0 Å². The normalized spacial score (nSPS) is 29.2. The second-order valence-electron chi connectivity index (χ2n) is 3.77. The average Bonchev–Trinajstić information content (AvgIpc) is 2.36. The molecule has 0 radical (unpaired) electrons. The number of ketones is 1. The Morgan fingerprint density at radius 3 is 2.92 bits per heavy atom. The van der Waals surface area contributed by atoms with Crippen LogP contribution in [0.5, 0.6) is 0 Å². The van der Waals surface area contributed by atoms with Gasteiger partial charge < -0.3 is 0 Å². The molecule has 0 N–H and O–H groups in total. The van der Waals surface area contributed by atoms with Crippen LogP contribution < -0.4 is 0 Å². The Morgan fingerprint density at radius 1 is 1.67 bits per heavy atom. The number of carbonyl (C=O) groups is 1. The topological polar surface area (TPSA) is 17.1 Å². The molecule has 0 spiro atoms. The van der Waals surface area contributed by atoms with Crippen molar-refractivity contribution in [1.29, 1.82) is 0 Å². The van der Waals surface area contributed by atoms with Crippen molar-refractivity contribution in [1.82, 2.24) is 0 Å². The van der Waals surface area contributed by atoms with Crippen LogP contribution in [0.1, 0.15) is 39.0 Å². The first-order valence-corrected chi connectivity index (χ1v) is 4.89. The fourth-order valence-corrected chi connectivity index (χ4v) is 1.99. The highest BCUT2D eigenvalue weighted by Gasteiger charge is 2.29. The molecule has 0 heterocycles. The fraction of sp³-hybridized carbons (Fsp3) is 0.727. The molecule has 1 aliphatic rings. The van der Waals surface area contributed by atoms with E-state index in [4.69, 9.17) is 0 Å². The molecular formula is C11H18O. The molecule has 1 rings (SSSR count). The van der Waals surface area contributed by atoms with Crippen LogP contribution in [0, 0.1) is 11.8 Å².